The zero-order valence-electron chi connectivity index (χ0n) is 13.6. The molecule has 0 aliphatic carbocycles. The monoisotopic (exact) mass is 308 g/mol. The molecule has 1 aliphatic rings. The van der Waals surface area contributed by atoms with E-state index in [0.717, 1.165) is 11.1 Å². The Kier molecular flexibility index (Phi) is 5.91. The van der Waals surface area contributed by atoms with Crippen LogP contribution in [0.5, 0.6) is 0 Å². The Morgan fingerprint density at radius 1 is 1.32 bits per heavy atom. The van der Waals surface area contributed by atoms with Crippen LogP contribution in [0.1, 0.15) is 30.9 Å². The van der Waals surface area contributed by atoms with Gasteiger partial charge in [-0.3, -0.25) is 9.69 Å². The largest absolute Gasteiger partial charge is 0.378 e. The average molecular weight is 308 g/mol. The number of amides is 1. The van der Waals surface area contributed by atoms with E-state index in [1.54, 1.807) is 12.1 Å². The topological polar surface area (TPSA) is 32.8 Å². The van der Waals surface area contributed by atoms with Gasteiger partial charge in [0.05, 0.1) is 19.8 Å². The summed E-state index contributed by atoms with van der Waals surface area (Å²) >= 11 is 0. The molecule has 5 heteroatoms. The van der Waals surface area contributed by atoms with Gasteiger partial charge in [-0.2, -0.15) is 0 Å². The fraction of sp³-hybridized carbons (Fsp3) is 0.588. The van der Waals surface area contributed by atoms with Crippen LogP contribution in [-0.4, -0.2) is 55.6 Å². The molecule has 0 unspecified atom stereocenters. The summed E-state index contributed by atoms with van der Waals surface area (Å²) in [6.07, 6.45) is 0. The number of benzene rings is 1. The van der Waals surface area contributed by atoms with Crippen LogP contribution in [0.3, 0.4) is 0 Å². The Labute approximate surface area is 131 Å². The van der Waals surface area contributed by atoms with E-state index in [9.17, 15) is 9.18 Å². The second kappa shape index (κ2) is 7.70. The molecule has 0 bridgehead atoms. The summed E-state index contributed by atoms with van der Waals surface area (Å²) in [4.78, 5) is 15.9. The van der Waals surface area contributed by atoms with Crippen LogP contribution < -0.4 is 0 Å². The fourth-order valence-corrected chi connectivity index (χ4v) is 2.61. The Morgan fingerprint density at radius 2 is 2.00 bits per heavy atom. The number of carbonyl (C=O) groups excluding carboxylic acids is 1. The highest BCUT2D eigenvalue weighted by molar-refractivity contribution is 5.78. The van der Waals surface area contributed by atoms with Crippen LogP contribution in [-0.2, 0) is 16.1 Å². The van der Waals surface area contributed by atoms with Crippen molar-refractivity contribution in [2.45, 2.75) is 26.3 Å². The summed E-state index contributed by atoms with van der Waals surface area (Å²) in [6, 6.07) is 5.14. The van der Waals surface area contributed by atoms with Crippen molar-refractivity contribution < 1.29 is 13.9 Å². The number of rotatable bonds is 5. The van der Waals surface area contributed by atoms with Crippen LogP contribution >= 0.6 is 0 Å². The summed E-state index contributed by atoms with van der Waals surface area (Å²) in [7, 11) is 1.89. The van der Waals surface area contributed by atoms with Crippen LogP contribution in [0.25, 0.3) is 0 Å². The molecule has 0 aromatic heterocycles. The van der Waals surface area contributed by atoms with Gasteiger partial charge < -0.3 is 9.64 Å². The van der Waals surface area contributed by atoms with Crippen molar-refractivity contribution in [3.05, 3.63) is 35.1 Å². The number of nitrogens with zero attached hydrogens (tertiary/aromatic N) is 2. The van der Waals surface area contributed by atoms with Crippen LogP contribution in [0.4, 0.5) is 4.39 Å². The number of likely N-dealkylation sites (N-methyl/N-ethyl adjacent to an activating group) is 1. The van der Waals surface area contributed by atoms with E-state index in [1.165, 1.54) is 0 Å². The zero-order valence-corrected chi connectivity index (χ0v) is 13.6. The Morgan fingerprint density at radius 3 is 2.64 bits per heavy atom. The molecule has 0 atom stereocenters. The van der Waals surface area contributed by atoms with Crippen molar-refractivity contribution in [1.29, 1.82) is 0 Å². The predicted molar refractivity (Wildman–Crippen MR) is 84.2 cm³/mol. The van der Waals surface area contributed by atoms with Crippen molar-refractivity contribution in [3.63, 3.8) is 0 Å². The average Bonchev–Trinajstić information content (AvgIpc) is 2.47. The summed E-state index contributed by atoms with van der Waals surface area (Å²) < 4.78 is 18.9. The molecule has 1 heterocycles. The van der Waals surface area contributed by atoms with Gasteiger partial charge >= 0.3 is 0 Å². The first-order valence-corrected chi connectivity index (χ1v) is 7.79. The Hall–Kier alpha value is -1.46. The quantitative estimate of drug-likeness (QED) is 0.836. The molecular formula is C17H25FN2O2. The third kappa shape index (κ3) is 4.78. The maximum Gasteiger partial charge on any atom is 0.236 e. The van der Waals surface area contributed by atoms with E-state index in [1.807, 2.05) is 36.8 Å². The summed E-state index contributed by atoms with van der Waals surface area (Å²) in [5.41, 5.74) is 1.89. The third-order valence-electron chi connectivity index (χ3n) is 3.87. The highest BCUT2D eigenvalue weighted by Gasteiger charge is 2.18. The maximum absolute atomic E-state index is 13.7. The molecule has 4 nitrogen and oxygen atoms in total. The van der Waals surface area contributed by atoms with Crippen molar-refractivity contribution in [2.24, 2.45) is 0 Å². The smallest absolute Gasteiger partial charge is 0.236 e. The van der Waals surface area contributed by atoms with E-state index >= 15 is 0 Å². The molecule has 22 heavy (non-hydrogen) atoms. The van der Waals surface area contributed by atoms with E-state index < -0.39 is 0 Å². The molecular weight excluding hydrogens is 283 g/mol. The molecule has 1 saturated heterocycles. The van der Waals surface area contributed by atoms with Gasteiger partial charge in [-0.25, -0.2) is 4.39 Å². The molecule has 122 valence electrons. The molecule has 1 aromatic carbocycles. The van der Waals surface area contributed by atoms with E-state index in [0.29, 0.717) is 39.4 Å². The van der Waals surface area contributed by atoms with Crippen molar-refractivity contribution in [1.82, 2.24) is 9.80 Å². The molecule has 2 rings (SSSR count). The SMILES string of the molecule is CC(C)c1cc(F)cc(CN(C)CC(=O)N2CCOCC2)c1. The first kappa shape index (κ1) is 16.9. The lowest BCUT2D eigenvalue weighted by Crippen LogP contribution is -2.44. The molecule has 1 amide bonds. The molecule has 0 radical (unpaired) electrons. The third-order valence-corrected chi connectivity index (χ3v) is 3.87. The Balaban J connectivity index is 1.93. The van der Waals surface area contributed by atoms with Crippen molar-refractivity contribution in [3.8, 4) is 0 Å². The van der Waals surface area contributed by atoms with Gasteiger partial charge in [0, 0.05) is 19.6 Å². The molecule has 1 aromatic rings. The molecule has 1 fully saturated rings. The lowest BCUT2D eigenvalue weighted by atomic mass is 10.0. The summed E-state index contributed by atoms with van der Waals surface area (Å²) in [6.45, 7) is 7.53. The first-order chi connectivity index (χ1) is 10.5. The van der Waals surface area contributed by atoms with Crippen LogP contribution in [0.15, 0.2) is 18.2 Å². The maximum atomic E-state index is 13.7. The minimum absolute atomic E-state index is 0.103. The van der Waals surface area contributed by atoms with Gasteiger partial charge in [0.15, 0.2) is 0 Å². The van der Waals surface area contributed by atoms with Gasteiger partial charge in [0.2, 0.25) is 5.91 Å². The zero-order chi connectivity index (χ0) is 16.1. The van der Waals surface area contributed by atoms with Gasteiger partial charge in [-0.15, -0.1) is 0 Å². The van der Waals surface area contributed by atoms with E-state index in [-0.39, 0.29) is 17.6 Å². The highest BCUT2D eigenvalue weighted by Crippen LogP contribution is 2.18. The number of carbonyl (C=O) groups is 1. The number of hydrogen-bond donors (Lipinski definition) is 0. The van der Waals surface area contributed by atoms with Crippen molar-refractivity contribution >= 4 is 5.91 Å². The normalized spacial score (nSPS) is 15.6. The number of hydrogen-bond acceptors (Lipinski definition) is 3. The second-order valence-corrected chi connectivity index (χ2v) is 6.21. The van der Waals surface area contributed by atoms with Gasteiger partial charge in [-0.05, 0) is 36.2 Å². The van der Waals surface area contributed by atoms with Gasteiger partial charge in [0.1, 0.15) is 5.82 Å². The number of halogens is 1. The second-order valence-electron chi connectivity index (χ2n) is 6.21. The molecule has 0 spiro atoms. The minimum atomic E-state index is -0.214. The summed E-state index contributed by atoms with van der Waals surface area (Å²) in [5.74, 6) is 0.176. The summed E-state index contributed by atoms with van der Waals surface area (Å²) in [5, 5.41) is 0. The standard InChI is InChI=1S/C17H25FN2O2/c1-13(2)15-8-14(9-16(18)10-15)11-19(3)12-17(21)20-4-6-22-7-5-20/h8-10,13H,4-7,11-12H2,1-3H3. The first-order valence-electron chi connectivity index (χ1n) is 7.79. The van der Waals surface area contributed by atoms with Crippen LogP contribution in [0, 0.1) is 5.82 Å². The fourth-order valence-electron chi connectivity index (χ4n) is 2.61. The van der Waals surface area contributed by atoms with Crippen molar-refractivity contribution in [2.75, 3.05) is 39.9 Å². The lowest BCUT2D eigenvalue weighted by molar-refractivity contribution is -0.136. The highest BCUT2D eigenvalue weighted by atomic mass is 19.1. The number of ether oxygens (including phenoxy) is 1. The van der Waals surface area contributed by atoms with Gasteiger partial charge in [-0.1, -0.05) is 19.9 Å². The lowest BCUT2D eigenvalue weighted by Gasteiger charge is -2.28. The van der Waals surface area contributed by atoms with Crippen LogP contribution in [0.2, 0.25) is 0 Å². The molecule has 1 aliphatic heterocycles. The molecule has 0 N–H and O–H groups in total. The Bertz CT molecular complexity index is 513. The van der Waals surface area contributed by atoms with E-state index in [4.69, 9.17) is 4.74 Å². The van der Waals surface area contributed by atoms with E-state index in [2.05, 4.69) is 0 Å². The van der Waals surface area contributed by atoms with Gasteiger partial charge in [0.25, 0.3) is 0 Å². The molecule has 0 saturated carbocycles. The number of morpholine rings is 1. The minimum Gasteiger partial charge on any atom is -0.378 e. The predicted octanol–water partition coefficient (Wildman–Crippen LogP) is 2.24.